The van der Waals surface area contributed by atoms with E-state index in [1.807, 2.05) is 24.3 Å². The lowest BCUT2D eigenvalue weighted by Crippen LogP contribution is -2.26. The Bertz CT molecular complexity index is 1110. The predicted octanol–water partition coefficient (Wildman–Crippen LogP) is 4.04. The van der Waals surface area contributed by atoms with E-state index in [0.29, 0.717) is 11.3 Å². The zero-order valence-corrected chi connectivity index (χ0v) is 17.9. The molecule has 0 fully saturated rings. The smallest absolute Gasteiger partial charge is 0.269 e. The molecule has 0 aliphatic rings. The molecule has 0 unspecified atom stereocenters. The highest BCUT2D eigenvalue weighted by Gasteiger charge is 2.21. The van der Waals surface area contributed by atoms with Crippen molar-refractivity contribution in [3.63, 3.8) is 0 Å². The molecule has 0 aromatic heterocycles. The summed E-state index contributed by atoms with van der Waals surface area (Å²) in [5.41, 5.74) is 4.11. The first-order valence-corrected chi connectivity index (χ1v) is 10.8. The second kappa shape index (κ2) is 9.02. The van der Waals surface area contributed by atoms with E-state index < -0.39 is 15.9 Å². The molecule has 0 atom stereocenters. The normalized spacial score (nSPS) is 11.4. The third kappa shape index (κ3) is 5.10. The highest BCUT2D eigenvalue weighted by molar-refractivity contribution is 9.10. The van der Waals surface area contributed by atoms with E-state index in [1.54, 1.807) is 48.7 Å². The van der Waals surface area contributed by atoms with Gasteiger partial charge in [-0.15, -0.1) is 0 Å². The molecule has 8 heteroatoms. The van der Waals surface area contributed by atoms with Crippen molar-refractivity contribution in [3.8, 4) is 0 Å². The van der Waals surface area contributed by atoms with E-state index in [-0.39, 0.29) is 4.90 Å². The number of sulfonamides is 1. The van der Waals surface area contributed by atoms with Crippen molar-refractivity contribution >= 4 is 43.8 Å². The highest BCUT2D eigenvalue weighted by atomic mass is 79.9. The Morgan fingerprint density at radius 1 is 0.966 bits per heavy atom. The van der Waals surface area contributed by atoms with Crippen LogP contribution < -0.4 is 9.73 Å². The molecule has 0 aliphatic carbocycles. The molecule has 3 rings (SSSR count). The average Bonchev–Trinajstić information content (AvgIpc) is 2.75. The van der Waals surface area contributed by atoms with E-state index in [1.165, 1.54) is 23.5 Å². The minimum atomic E-state index is -3.67. The summed E-state index contributed by atoms with van der Waals surface area (Å²) in [6.45, 7) is 0. The van der Waals surface area contributed by atoms with E-state index in [4.69, 9.17) is 0 Å². The molecule has 3 aromatic carbocycles. The SMILES string of the molecule is CN(c1ccc(C(=O)NN=Cc2ccc(Br)cc2)cc1)S(=O)(=O)c1ccccc1. The lowest BCUT2D eigenvalue weighted by atomic mass is 10.2. The third-order valence-electron chi connectivity index (χ3n) is 4.14. The van der Waals surface area contributed by atoms with Crippen molar-refractivity contribution < 1.29 is 13.2 Å². The van der Waals surface area contributed by atoms with Gasteiger partial charge in [-0.2, -0.15) is 5.10 Å². The van der Waals surface area contributed by atoms with Crippen LogP contribution in [0.3, 0.4) is 0 Å². The van der Waals surface area contributed by atoms with E-state index in [9.17, 15) is 13.2 Å². The number of halogens is 1. The number of amides is 1. The number of anilines is 1. The molecule has 148 valence electrons. The number of benzene rings is 3. The Morgan fingerprint density at radius 3 is 2.21 bits per heavy atom. The minimum Gasteiger partial charge on any atom is -0.269 e. The summed E-state index contributed by atoms with van der Waals surface area (Å²) in [7, 11) is -2.19. The number of rotatable bonds is 6. The summed E-state index contributed by atoms with van der Waals surface area (Å²) >= 11 is 3.35. The van der Waals surface area contributed by atoms with Gasteiger partial charge in [-0.25, -0.2) is 13.8 Å². The third-order valence-corrected chi connectivity index (χ3v) is 6.47. The minimum absolute atomic E-state index is 0.201. The first-order chi connectivity index (χ1) is 13.9. The van der Waals surface area contributed by atoms with Crippen LogP contribution in [-0.4, -0.2) is 27.6 Å². The zero-order chi connectivity index (χ0) is 20.9. The van der Waals surface area contributed by atoms with Crippen LogP contribution in [0, 0.1) is 0 Å². The molecule has 0 radical (unpaired) electrons. The summed E-state index contributed by atoms with van der Waals surface area (Å²) in [5.74, 6) is -0.390. The van der Waals surface area contributed by atoms with Crippen molar-refractivity contribution in [3.05, 3.63) is 94.5 Å². The molecular formula is C21H18BrN3O3S. The van der Waals surface area contributed by atoms with Crippen LogP contribution >= 0.6 is 15.9 Å². The lowest BCUT2D eigenvalue weighted by molar-refractivity contribution is 0.0955. The summed E-state index contributed by atoms with van der Waals surface area (Å²) in [6, 6.07) is 21.9. The largest absolute Gasteiger partial charge is 0.271 e. The number of nitrogens with one attached hydrogen (secondary N) is 1. The standard InChI is InChI=1S/C21H18BrN3O3S/c1-25(29(27,28)20-5-3-2-4-6-20)19-13-9-17(10-14-19)21(26)24-23-15-16-7-11-18(22)12-8-16/h2-15H,1H3,(H,24,26). The number of hydrogen-bond acceptors (Lipinski definition) is 4. The molecule has 0 spiro atoms. The fourth-order valence-corrected chi connectivity index (χ4v) is 3.97. The van der Waals surface area contributed by atoms with Crippen LogP contribution in [0.25, 0.3) is 0 Å². The second-order valence-electron chi connectivity index (χ2n) is 6.08. The molecule has 1 amide bonds. The second-order valence-corrected chi connectivity index (χ2v) is 8.97. The predicted molar refractivity (Wildman–Crippen MR) is 118 cm³/mol. The van der Waals surface area contributed by atoms with Crippen LogP contribution in [0.2, 0.25) is 0 Å². The maximum atomic E-state index is 12.7. The van der Waals surface area contributed by atoms with Crippen LogP contribution in [-0.2, 0) is 10.0 Å². The molecule has 0 saturated carbocycles. The molecule has 3 aromatic rings. The number of nitrogens with zero attached hydrogens (tertiary/aromatic N) is 2. The molecule has 0 bridgehead atoms. The van der Waals surface area contributed by atoms with Gasteiger partial charge >= 0.3 is 0 Å². The van der Waals surface area contributed by atoms with Gasteiger partial charge in [-0.1, -0.05) is 46.3 Å². The first kappa shape index (κ1) is 20.8. The van der Waals surface area contributed by atoms with Gasteiger partial charge in [0.2, 0.25) is 0 Å². The summed E-state index contributed by atoms with van der Waals surface area (Å²) in [5, 5.41) is 3.94. The van der Waals surface area contributed by atoms with Crippen LogP contribution in [0.1, 0.15) is 15.9 Å². The molecule has 1 N–H and O–H groups in total. The van der Waals surface area contributed by atoms with Gasteiger partial charge in [0.15, 0.2) is 0 Å². The summed E-state index contributed by atoms with van der Waals surface area (Å²) in [4.78, 5) is 12.4. The Labute approximate surface area is 178 Å². The van der Waals surface area contributed by atoms with Gasteiger partial charge < -0.3 is 0 Å². The van der Waals surface area contributed by atoms with Gasteiger partial charge in [0.25, 0.3) is 15.9 Å². The monoisotopic (exact) mass is 471 g/mol. The molecule has 0 aliphatic heterocycles. The number of carbonyl (C=O) groups is 1. The summed E-state index contributed by atoms with van der Waals surface area (Å²) < 4.78 is 27.5. The number of carbonyl (C=O) groups excluding carboxylic acids is 1. The molecule has 0 heterocycles. The average molecular weight is 472 g/mol. The van der Waals surface area contributed by atoms with Crippen LogP contribution in [0.5, 0.6) is 0 Å². The fourth-order valence-electron chi connectivity index (χ4n) is 2.49. The highest BCUT2D eigenvalue weighted by Crippen LogP contribution is 2.22. The van der Waals surface area contributed by atoms with Gasteiger partial charge in [-0.3, -0.25) is 9.10 Å². The van der Waals surface area contributed by atoms with Gasteiger partial charge in [0.1, 0.15) is 0 Å². The van der Waals surface area contributed by atoms with Crippen LogP contribution in [0.4, 0.5) is 5.69 Å². The van der Waals surface area contributed by atoms with E-state index in [0.717, 1.165) is 10.0 Å². The summed E-state index contributed by atoms with van der Waals surface area (Å²) in [6.07, 6.45) is 1.54. The van der Waals surface area contributed by atoms with Gasteiger partial charge in [0.05, 0.1) is 16.8 Å². The maximum absolute atomic E-state index is 12.7. The Hall–Kier alpha value is -2.97. The van der Waals surface area contributed by atoms with Crippen LogP contribution in [0.15, 0.2) is 93.3 Å². The lowest BCUT2D eigenvalue weighted by Gasteiger charge is -2.19. The Kier molecular flexibility index (Phi) is 6.46. The number of hydrazone groups is 1. The van der Waals surface area contributed by atoms with Crippen molar-refractivity contribution in [1.82, 2.24) is 5.43 Å². The fraction of sp³-hybridized carbons (Fsp3) is 0.0476. The van der Waals surface area contributed by atoms with Crippen molar-refractivity contribution in [2.24, 2.45) is 5.10 Å². The quantitative estimate of drug-likeness (QED) is 0.435. The Morgan fingerprint density at radius 2 is 1.59 bits per heavy atom. The zero-order valence-electron chi connectivity index (χ0n) is 15.5. The van der Waals surface area contributed by atoms with Gasteiger partial charge in [0, 0.05) is 17.1 Å². The first-order valence-electron chi connectivity index (χ1n) is 8.61. The number of hydrogen-bond donors (Lipinski definition) is 1. The Balaban J connectivity index is 1.67. The topological polar surface area (TPSA) is 78.8 Å². The van der Waals surface area contributed by atoms with E-state index >= 15 is 0 Å². The molecule has 0 saturated heterocycles. The van der Waals surface area contributed by atoms with Crippen molar-refractivity contribution in [2.75, 3.05) is 11.4 Å². The van der Waals surface area contributed by atoms with Crippen molar-refractivity contribution in [1.29, 1.82) is 0 Å². The molecular weight excluding hydrogens is 454 g/mol. The van der Waals surface area contributed by atoms with E-state index in [2.05, 4.69) is 26.5 Å². The molecule has 29 heavy (non-hydrogen) atoms. The van der Waals surface area contributed by atoms with Gasteiger partial charge in [-0.05, 0) is 54.1 Å². The van der Waals surface area contributed by atoms with Crippen molar-refractivity contribution in [2.45, 2.75) is 4.90 Å². The molecule has 6 nitrogen and oxygen atoms in total. The maximum Gasteiger partial charge on any atom is 0.271 e.